The summed E-state index contributed by atoms with van der Waals surface area (Å²) in [5.74, 6) is 0.166. The van der Waals surface area contributed by atoms with Crippen LogP contribution >= 0.6 is 12.4 Å². The van der Waals surface area contributed by atoms with Gasteiger partial charge in [-0.3, -0.25) is 0 Å². The molecule has 6 heteroatoms. The molecule has 19 heavy (non-hydrogen) atoms. The zero-order chi connectivity index (χ0) is 13.2. The Kier molecular flexibility index (Phi) is 5.50. The van der Waals surface area contributed by atoms with Crippen LogP contribution < -0.4 is 10.5 Å². The fourth-order valence-corrected chi connectivity index (χ4v) is 2.51. The second kappa shape index (κ2) is 6.48. The molecular formula is C13H17ClF3NO. The Labute approximate surface area is 116 Å². The van der Waals surface area contributed by atoms with Gasteiger partial charge in [0.05, 0.1) is 0 Å². The fourth-order valence-electron chi connectivity index (χ4n) is 2.51. The first-order valence-electron chi connectivity index (χ1n) is 6.07. The summed E-state index contributed by atoms with van der Waals surface area (Å²) in [5, 5.41) is 0. The van der Waals surface area contributed by atoms with Gasteiger partial charge in [-0.15, -0.1) is 25.6 Å². The van der Waals surface area contributed by atoms with Crippen molar-refractivity contribution in [2.24, 2.45) is 11.7 Å². The summed E-state index contributed by atoms with van der Waals surface area (Å²) >= 11 is 0. The Balaban J connectivity index is 0.00000180. The molecule has 0 aliphatic heterocycles. The molecule has 1 aliphatic rings. The van der Waals surface area contributed by atoms with E-state index in [9.17, 15) is 13.2 Å². The van der Waals surface area contributed by atoms with Crippen molar-refractivity contribution in [2.45, 2.75) is 38.1 Å². The van der Waals surface area contributed by atoms with Gasteiger partial charge in [-0.1, -0.05) is 25.0 Å². The highest BCUT2D eigenvalue weighted by molar-refractivity contribution is 5.85. The minimum Gasteiger partial charge on any atom is -0.406 e. The van der Waals surface area contributed by atoms with E-state index in [0.717, 1.165) is 25.7 Å². The van der Waals surface area contributed by atoms with Crippen molar-refractivity contribution in [2.75, 3.05) is 0 Å². The quantitative estimate of drug-likeness (QED) is 0.907. The van der Waals surface area contributed by atoms with Gasteiger partial charge in [-0.25, -0.2) is 0 Å². The second-order valence-electron chi connectivity index (χ2n) is 4.69. The molecule has 2 N–H and O–H groups in total. The van der Waals surface area contributed by atoms with E-state index in [-0.39, 0.29) is 24.2 Å². The van der Waals surface area contributed by atoms with Gasteiger partial charge in [-0.05, 0) is 36.5 Å². The van der Waals surface area contributed by atoms with Crippen LogP contribution in [0.3, 0.4) is 0 Å². The number of rotatable bonds is 3. The van der Waals surface area contributed by atoms with E-state index < -0.39 is 6.36 Å². The average Bonchev–Trinajstić information content (AvgIpc) is 2.79. The molecule has 1 aromatic rings. The molecule has 1 fully saturated rings. The lowest BCUT2D eigenvalue weighted by Crippen LogP contribution is -2.20. The van der Waals surface area contributed by atoms with E-state index in [1.54, 1.807) is 12.1 Å². The zero-order valence-corrected chi connectivity index (χ0v) is 11.1. The first-order chi connectivity index (χ1) is 8.46. The van der Waals surface area contributed by atoms with Crippen molar-refractivity contribution in [1.82, 2.24) is 0 Å². The van der Waals surface area contributed by atoms with Gasteiger partial charge in [0, 0.05) is 6.04 Å². The Morgan fingerprint density at radius 2 is 1.84 bits per heavy atom. The molecule has 0 saturated heterocycles. The maximum absolute atomic E-state index is 12.1. The normalized spacial score (nSPS) is 17.9. The van der Waals surface area contributed by atoms with E-state index in [1.165, 1.54) is 12.1 Å². The van der Waals surface area contributed by atoms with Crippen LogP contribution in [0.2, 0.25) is 0 Å². The highest BCUT2D eigenvalue weighted by atomic mass is 35.5. The number of hydrogen-bond donors (Lipinski definition) is 1. The summed E-state index contributed by atoms with van der Waals surface area (Å²) in [7, 11) is 0. The van der Waals surface area contributed by atoms with Crippen molar-refractivity contribution < 1.29 is 17.9 Å². The number of benzene rings is 1. The maximum Gasteiger partial charge on any atom is 0.573 e. The van der Waals surface area contributed by atoms with E-state index in [4.69, 9.17) is 5.73 Å². The van der Waals surface area contributed by atoms with Gasteiger partial charge in [0.15, 0.2) is 0 Å². The lowest BCUT2D eigenvalue weighted by Gasteiger charge is -2.20. The highest BCUT2D eigenvalue weighted by Gasteiger charge is 2.31. The van der Waals surface area contributed by atoms with Crippen LogP contribution in [0.5, 0.6) is 5.75 Å². The first kappa shape index (κ1) is 16.1. The van der Waals surface area contributed by atoms with Gasteiger partial charge in [0.1, 0.15) is 5.75 Å². The van der Waals surface area contributed by atoms with Gasteiger partial charge in [0.2, 0.25) is 0 Å². The number of ether oxygens (including phenoxy) is 1. The third-order valence-electron chi connectivity index (χ3n) is 3.38. The topological polar surface area (TPSA) is 35.2 Å². The van der Waals surface area contributed by atoms with Crippen molar-refractivity contribution in [1.29, 1.82) is 0 Å². The lowest BCUT2D eigenvalue weighted by atomic mass is 9.92. The molecule has 1 aromatic carbocycles. The second-order valence-corrected chi connectivity index (χ2v) is 4.69. The Morgan fingerprint density at radius 3 is 2.42 bits per heavy atom. The lowest BCUT2D eigenvalue weighted by molar-refractivity contribution is -0.274. The van der Waals surface area contributed by atoms with E-state index in [0.29, 0.717) is 11.5 Å². The average molecular weight is 296 g/mol. The molecule has 0 radical (unpaired) electrons. The zero-order valence-electron chi connectivity index (χ0n) is 10.3. The van der Waals surface area contributed by atoms with Crippen molar-refractivity contribution in [3.63, 3.8) is 0 Å². The Morgan fingerprint density at radius 1 is 1.21 bits per heavy atom. The van der Waals surface area contributed by atoms with Crippen LogP contribution in [-0.4, -0.2) is 6.36 Å². The summed E-state index contributed by atoms with van der Waals surface area (Å²) < 4.78 is 40.3. The van der Waals surface area contributed by atoms with Gasteiger partial charge in [-0.2, -0.15) is 0 Å². The predicted octanol–water partition coefficient (Wildman–Crippen LogP) is 4.20. The minimum atomic E-state index is -4.66. The molecule has 0 spiro atoms. The van der Waals surface area contributed by atoms with Crippen LogP contribution in [0, 0.1) is 5.92 Å². The molecule has 108 valence electrons. The molecule has 2 nitrogen and oxygen atoms in total. The predicted molar refractivity (Wildman–Crippen MR) is 69.3 cm³/mol. The van der Waals surface area contributed by atoms with Crippen molar-refractivity contribution in [3.05, 3.63) is 29.8 Å². The van der Waals surface area contributed by atoms with Gasteiger partial charge < -0.3 is 10.5 Å². The molecule has 1 aliphatic carbocycles. The number of halogens is 4. The third-order valence-corrected chi connectivity index (χ3v) is 3.38. The Bertz CT molecular complexity index is 405. The number of alkyl halides is 3. The fraction of sp³-hybridized carbons (Fsp3) is 0.538. The molecule has 2 rings (SSSR count). The van der Waals surface area contributed by atoms with E-state index >= 15 is 0 Å². The summed E-state index contributed by atoms with van der Waals surface area (Å²) in [4.78, 5) is 0. The molecule has 0 amide bonds. The molecule has 1 atom stereocenters. The largest absolute Gasteiger partial charge is 0.573 e. The highest BCUT2D eigenvalue weighted by Crippen LogP contribution is 2.35. The molecule has 0 heterocycles. The smallest absolute Gasteiger partial charge is 0.406 e. The van der Waals surface area contributed by atoms with Gasteiger partial charge >= 0.3 is 6.36 Å². The first-order valence-corrected chi connectivity index (χ1v) is 6.07. The van der Waals surface area contributed by atoms with Crippen LogP contribution in [-0.2, 0) is 0 Å². The molecule has 1 saturated carbocycles. The molecule has 0 aromatic heterocycles. The Hall–Kier alpha value is -0.940. The summed E-state index contributed by atoms with van der Waals surface area (Å²) in [5.41, 5.74) is 6.81. The van der Waals surface area contributed by atoms with Crippen LogP contribution in [0.1, 0.15) is 37.3 Å². The summed E-state index contributed by atoms with van der Waals surface area (Å²) in [6.45, 7) is 0. The van der Waals surface area contributed by atoms with Crippen LogP contribution in [0.25, 0.3) is 0 Å². The van der Waals surface area contributed by atoms with Crippen LogP contribution in [0.15, 0.2) is 24.3 Å². The SMILES string of the molecule is Cl.N[C@@H](c1cccc(OC(F)(F)F)c1)C1CCCC1. The summed E-state index contributed by atoms with van der Waals surface area (Å²) in [6.07, 6.45) is -0.263. The third kappa shape index (κ3) is 4.58. The number of nitrogens with two attached hydrogens (primary N) is 1. The summed E-state index contributed by atoms with van der Waals surface area (Å²) in [6, 6.07) is 5.77. The van der Waals surface area contributed by atoms with Crippen molar-refractivity contribution >= 4 is 12.4 Å². The minimum absolute atomic E-state index is 0. The van der Waals surface area contributed by atoms with E-state index in [1.807, 2.05) is 0 Å². The standard InChI is InChI=1S/C13H16F3NO.ClH/c14-13(15,16)18-11-7-3-6-10(8-11)12(17)9-4-1-2-5-9;/h3,6-9,12H,1-2,4-5,17H2;1H/t12-;/m1./s1. The van der Waals surface area contributed by atoms with Gasteiger partial charge in [0.25, 0.3) is 0 Å². The molecule has 0 bridgehead atoms. The monoisotopic (exact) mass is 295 g/mol. The van der Waals surface area contributed by atoms with E-state index in [2.05, 4.69) is 4.74 Å². The van der Waals surface area contributed by atoms with Crippen molar-refractivity contribution in [3.8, 4) is 5.75 Å². The molecular weight excluding hydrogens is 279 g/mol. The maximum atomic E-state index is 12.1. The number of hydrogen-bond acceptors (Lipinski definition) is 2. The van der Waals surface area contributed by atoms with Crippen LogP contribution in [0.4, 0.5) is 13.2 Å². The molecule has 0 unspecified atom stereocenters.